The van der Waals surface area contributed by atoms with E-state index >= 15 is 0 Å². The van der Waals surface area contributed by atoms with Crippen molar-refractivity contribution in [2.45, 2.75) is 51.7 Å². The Bertz CT molecular complexity index is 296. The Hall–Kier alpha value is -0.710. The first-order valence-electron chi connectivity index (χ1n) is 6.14. The first-order chi connectivity index (χ1) is 8.02. The average molecular weight is 258 g/mol. The van der Waals surface area contributed by atoms with Crippen LogP contribution in [0.4, 0.5) is 0 Å². The maximum atomic E-state index is 12.3. The summed E-state index contributed by atoms with van der Waals surface area (Å²) in [7, 11) is 0. The summed E-state index contributed by atoms with van der Waals surface area (Å²) in [5.74, 6) is 0.902. The van der Waals surface area contributed by atoms with Gasteiger partial charge in [0.1, 0.15) is 12.1 Å². The maximum absolute atomic E-state index is 12.3. The largest absolute Gasteiger partial charge is 0.343 e. The SMILES string of the molecule is CCCC1NC(=O)C(C)N(C(C)CSC)C1=O. The zero-order valence-electron chi connectivity index (χ0n) is 11.0. The third-order valence-electron chi connectivity index (χ3n) is 3.13. The van der Waals surface area contributed by atoms with E-state index in [9.17, 15) is 9.59 Å². The van der Waals surface area contributed by atoms with Crippen molar-refractivity contribution in [3.8, 4) is 0 Å². The zero-order valence-corrected chi connectivity index (χ0v) is 11.8. The summed E-state index contributed by atoms with van der Waals surface area (Å²) in [5.41, 5.74) is 0. The molecule has 3 unspecified atom stereocenters. The molecule has 98 valence electrons. The van der Waals surface area contributed by atoms with Crippen molar-refractivity contribution >= 4 is 23.6 Å². The monoisotopic (exact) mass is 258 g/mol. The van der Waals surface area contributed by atoms with Crippen molar-refractivity contribution in [3.05, 3.63) is 0 Å². The van der Waals surface area contributed by atoms with Crippen molar-refractivity contribution in [2.75, 3.05) is 12.0 Å². The molecule has 5 heteroatoms. The fourth-order valence-electron chi connectivity index (χ4n) is 2.26. The van der Waals surface area contributed by atoms with Gasteiger partial charge < -0.3 is 10.2 Å². The van der Waals surface area contributed by atoms with Gasteiger partial charge in [0.25, 0.3) is 0 Å². The van der Waals surface area contributed by atoms with Crippen molar-refractivity contribution < 1.29 is 9.59 Å². The van der Waals surface area contributed by atoms with E-state index in [1.807, 2.05) is 20.1 Å². The number of thioether (sulfide) groups is 1. The number of nitrogens with one attached hydrogen (secondary N) is 1. The summed E-state index contributed by atoms with van der Waals surface area (Å²) in [5, 5.41) is 2.81. The Morgan fingerprint density at radius 3 is 2.65 bits per heavy atom. The lowest BCUT2D eigenvalue weighted by Gasteiger charge is -2.40. The maximum Gasteiger partial charge on any atom is 0.246 e. The van der Waals surface area contributed by atoms with Crippen molar-refractivity contribution in [2.24, 2.45) is 0 Å². The average Bonchev–Trinajstić information content (AvgIpc) is 2.27. The van der Waals surface area contributed by atoms with Crippen LogP contribution in [0.25, 0.3) is 0 Å². The van der Waals surface area contributed by atoms with Crippen LogP contribution in [-0.2, 0) is 9.59 Å². The highest BCUT2D eigenvalue weighted by molar-refractivity contribution is 7.98. The molecule has 0 aromatic carbocycles. The summed E-state index contributed by atoms with van der Waals surface area (Å²) >= 11 is 1.70. The molecule has 1 saturated heterocycles. The van der Waals surface area contributed by atoms with Gasteiger partial charge in [-0.2, -0.15) is 11.8 Å². The minimum absolute atomic E-state index is 0.0315. The molecule has 1 aliphatic heterocycles. The van der Waals surface area contributed by atoms with Gasteiger partial charge >= 0.3 is 0 Å². The lowest BCUT2D eigenvalue weighted by atomic mass is 10.0. The summed E-state index contributed by atoms with van der Waals surface area (Å²) in [6.07, 6.45) is 3.63. The lowest BCUT2D eigenvalue weighted by Crippen LogP contribution is -2.64. The second-order valence-corrected chi connectivity index (χ2v) is 5.49. The van der Waals surface area contributed by atoms with Gasteiger partial charge in [-0.3, -0.25) is 9.59 Å². The fraction of sp³-hybridized carbons (Fsp3) is 0.833. The third-order valence-corrected chi connectivity index (χ3v) is 3.94. The van der Waals surface area contributed by atoms with Gasteiger partial charge in [0.2, 0.25) is 11.8 Å². The summed E-state index contributed by atoms with van der Waals surface area (Å²) in [4.78, 5) is 25.9. The quantitative estimate of drug-likeness (QED) is 0.807. The van der Waals surface area contributed by atoms with Crippen LogP contribution in [0.15, 0.2) is 0 Å². The summed E-state index contributed by atoms with van der Waals surface area (Å²) in [6.45, 7) is 5.83. The van der Waals surface area contributed by atoms with E-state index < -0.39 is 0 Å². The molecule has 0 bridgehead atoms. The van der Waals surface area contributed by atoms with E-state index in [0.717, 1.165) is 18.6 Å². The molecule has 3 atom stereocenters. The Morgan fingerprint density at radius 1 is 1.47 bits per heavy atom. The molecule has 0 aliphatic carbocycles. The van der Waals surface area contributed by atoms with Gasteiger partial charge in [-0.15, -0.1) is 0 Å². The molecule has 1 N–H and O–H groups in total. The van der Waals surface area contributed by atoms with Crippen molar-refractivity contribution in [1.82, 2.24) is 10.2 Å². The molecule has 1 aliphatic rings. The van der Waals surface area contributed by atoms with Crippen LogP contribution in [0.2, 0.25) is 0 Å². The van der Waals surface area contributed by atoms with Gasteiger partial charge in [-0.05, 0) is 26.5 Å². The number of hydrogen-bond acceptors (Lipinski definition) is 3. The Labute approximate surface area is 108 Å². The van der Waals surface area contributed by atoms with Gasteiger partial charge in [0.15, 0.2) is 0 Å². The summed E-state index contributed by atoms with van der Waals surface area (Å²) < 4.78 is 0. The number of carbonyl (C=O) groups is 2. The second-order valence-electron chi connectivity index (χ2n) is 4.58. The molecule has 17 heavy (non-hydrogen) atoms. The predicted octanol–water partition coefficient (Wildman–Crippen LogP) is 1.25. The van der Waals surface area contributed by atoms with Crippen LogP contribution in [0, 0.1) is 0 Å². The molecule has 1 fully saturated rings. The van der Waals surface area contributed by atoms with Crippen LogP contribution in [0.5, 0.6) is 0 Å². The molecule has 0 aromatic heterocycles. The molecule has 1 rings (SSSR count). The number of carbonyl (C=O) groups excluding carboxylic acids is 2. The van der Waals surface area contributed by atoms with Gasteiger partial charge in [-0.25, -0.2) is 0 Å². The molecule has 0 spiro atoms. The molecular weight excluding hydrogens is 236 g/mol. The van der Waals surface area contributed by atoms with Gasteiger partial charge in [-0.1, -0.05) is 13.3 Å². The predicted molar refractivity (Wildman–Crippen MR) is 71.0 cm³/mol. The zero-order chi connectivity index (χ0) is 13.0. The number of rotatable bonds is 5. The van der Waals surface area contributed by atoms with Gasteiger partial charge in [0.05, 0.1) is 0 Å². The first kappa shape index (κ1) is 14.4. The lowest BCUT2D eigenvalue weighted by molar-refractivity contribution is -0.150. The molecular formula is C12H22N2O2S. The van der Waals surface area contributed by atoms with Crippen LogP contribution < -0.4 is 5.32 Å². The van der Waals surface area contributed by atoms with E-state index in [1.165, 1.54) is 0 Å². The van der Waals surface area contributed by atoms with Crippen LogP contribution >= 0.6 is 11.8 Å². The normalized spacial score (nSPS) is 26.9. The van der Waals surface area contributed by atoms with E-state index in [2.05, 4.69) is 5.32 Å². The first-order valence-corrected chi connectivity index (χ1v) is 7.53. The minimum atomic E-state index is -0.349. The Morgan fingerprint density at radius 2 is 2.12 bits per heavy atom. The number of nitrogens with zero attached hydrogens (tertiary/aromatic N) is 1. The van der Waals surface area contributed by atoms with Crippen LogP contribution in [0.1, 0.15) is 33.6 Å². The molecule has 4 nitrogen and oxygen atoms in total. The molecule has 0 aromatic rings. The van der Waals surface area contributed by atoms with Crippen LogP contribution in [-0.4, -0.2) is 46.8 Å². The molecule has 1 heterocycles. The van der Waals surface area contributed by atoms with Crippen molar-refractivity contribution in [1.29, 1.82) is 0 Å². The standard InChI is InChI=1S/C12H22N2O2S/c1-5-6-10-12(16)14(8(2)7-17-4)9(3)11(15)13-10/h8-10H,5-7H2,1-4H3,(H,13,15). The van der Waals surface area contributed by atoms with E-state index in [0.29, 0.717) is 0 Å². The molecule has 2 amide bonds. The Kier molecular flexibility index (Phi) is 5.31. The van der Waals surface area contributed by atoms with Crippen molar-refractivity contribution in [3.63, 3.8) is 0 Å². The van der Waals surface area contributed by atoms with Crippen LogP contribution in [0.3, 0.4) is 0 Å². The number of piperazine rings is 1. The minimum Gasteiger partial charge on any atom is -0.343 e. The smallest absolute Gasteiger partial charge is 0.246 e. The second kappa shape index (κ2) is 6.28. The fourth-order valence-corrected chi connectivity index (χ4v) is 2.90. The van der Waals surface area contributed by atoms with E-state index in [-0.39, 0.29) is 29.9 Å². The number of amides is 2. The highest BCUT2D eigenvalue weighted by atomic mass is 32.2. The number of hydrogen-bond donors (Lipinski definition) is 1. The molecule has 0 radical (unpaired) electrons. The summed E-state index contributed by atoms with van der Waals surface area (Å²) in [6, 6.07) is -0.566. The van der Waals surface area contributed by atoms with E-state index in [4.69, 9.17) is 0 Å². The third kappa shape index (κ3) is 3.15. The topological polar surface area (TPSA) is 49.4 Å². The highest BCUT2D eigenvalue weighted by Crippen LogP contribution is 2.18. The van der Waals surface area contributed by atoms with E-state index in [1.54, 1.807) is 23.6 Å². The Balaban J connectivity index is 2.83. The molecule has 0 saturated carbocycles. The van der Waals surface area contributed by atoms with Gasteiger partial charge in [0, 0.05) is 11.8 Å². The highest BCUT2D eigenvalue weighted by Gasteiger charge is 2.39.